The Morgan fingerprint density at radius 3 is 3.16 bits per heavy atom. The van der Waals surface area contributed by atoms with Gasteiger partial charge in [0.05, 0.1) is 12.7 Å². The van der Waals surface area contributed by atoms with Gasteiger partial charge < -0.3 is 10.4 Å². The van der Waals surface area contributed by atoms with E-state index in [9.17, 15) is 4.79 Å². The number of hydrogen-bond acceptors (Lipinski definition) is 7. The molecule has 2 N–H and O–H groups in total. The molecule has 19 heavy (non-hydrogen) atoms. The van der Waals surface area contributed by atoms with Crippen molar-refractivity contribution in [2.24, 2.45) is 0 Å². The minimum atomic E-state index is -0.991. The second-order valence-corrected chi connectivity index (χ2v) is 3.53. The van der Waals surface area contributed by atoms with E-state index < -0.39 is 5.97 Å². The van der Waals surface area contributed by atoms with Gasteiger partial charge >= 0.3 is 5.97 Å². The zero-order valence-electron chi connectivity index (χ0n) is 9.69. The Morgan fingerprint density at radius 1 is 1.58 bits per heavy atom. The van der Waals surface area contributed by atoms with Crippen molar-refractivity contribution >= 4 is 11.9 Å². The van der Waals surface area contributed by atoms with Crippen LogP contribution in [-0.2, 0) is 17.9 Å². The number of nitrogens with one attached hydrogen (secondary N) is 1. The lowest BCUT2D eigenvalue weighted by molar-refractivity contribution is -0.137. The molecule has 2 aromatic rings. The molecular weight excluding hydrogens is 250 g/mol. The molecule has 9 heteroatoms. The molecule has 0 amide bonds. The molecule has 0 radical (unpaired) electrons. The zero-order valence-corrected chi connectivity index (χ0v) is 9.69. The van der Waals surface area contributed by atoms with Gasteiger partial charge in [0.2, 0.25) is 5.95 Å². The van der Waals surface area contributed by atoms with Crippen LogP contribution in [0, 0.1) is 11.3 Å². The second-order valence-electron chi connectivity index (χ2n) is 3.53. The summed E-state index contributed by atoms with van der Waals surface area (Å²) in [5, 5.41) is 27.6. The van der Waals surface area contributed by atoms with Gasteiger partial charge in [-0.2, -0.15) is 5.26 Å². The molecule has 0 aliphatic carbocycles. The van der Waals surface area contributed by atoms with E-state index in [2.05, 4.69) is 25.6 Å². The smallest absolute Gasteiger partial charge is 0.325 e. The van der Waals surface area contributed by atoms with Crippen molar-refractivity contribution in [2.45, 2.75) is 13.1 Å². The first-order valence-corrected chi connectivity index (χ1v) is 5.25. The fourth-order valence-corrected chi connectivity index (χ4v) is 1.31. The molecule has 0 spiro atoms. The number of aliphatic carboxylic acids is 1. The molecule has 0 saturated heterocycles. The summed E-state index contributed by atoms with van der Waals surface area (Å²) in [6, 6.07) is 3.40. The molecule has 0 atom stereocenters. The summed E-state index contributed by atoms with van der Waals surface area (Å²) in [6.07, 6.45) is 2.98. The summed E-state index contributed by atoms with van der Waals surface area (Å²) < 4.78 is 1.21. The largest absolute Gasteiger partial charge is 0.480 e. The number of carboxylic acid groups (broad SMARTS) is 1. The van der Waals surface area contributed by atoms with Gasteiger partial charge in [-0.1, -0.05) is 5.21 Å². The van der Waals surface area contributed by atoms with E-state index in [0.717, 1.165) is 0 Å². The molecule has 0 aromatic carbocycles. The summed E-state index contributed by atoms with van der Waals surface area (Å²) >= 11 is 0. The molecule has 96 valence electrons. The third-order valence-corrected chi connectivity index (χ3v) is 2.08. The first-order chi connectivity index (χ1) is 9.17. The first-order valence-electron chi connectivity index (χ1n) is 5.25. The average Bonchev–Trinajstić information content (AvgIpc) is 2.83. The molecule has 2 aromatic heterocycles. The van der Waals surface area contributed by atoms with Crippen LogP contribution < -0.4 is 5.32 Å². The van der Waals surface area contributed by atoms with Gasteiger partial charge in [-0.3, -0.25) is 4.79 Å². The maximum Gasteiger partial charge on any atom is 0.325 e. The molecule has 0 saturated carbocycles. The first kappa shape index (κ1) is 12.4. The molecule has 0 fully saturated rings. The number of carboxylic acids is 1. The fourth-order valence-electron chi connectivity index (χ4n) is 1.31. The molecule has 0 aliphatic heterocycles. The van der Waals surface area contributed by atoms with E-state index in [0.29, 0.717) is 11.6 Å². The molecule has 0 aliphatic rings. The lowest BCUT2D eigenvalue weighted by atomic mass is 10.4. The van der Waals surface area contributed by atoms with Crippen molar-refractivity contribution in [1.29, 1.82) is 5.26 Å². The molecule has 9 nitrogen and oxygen atoms in total. The SMILES string of the molecule is N#Cc1ccnc(NCc2cn(CC(=O)O)nn2)n1. The van der Waals surface area contributed by atoms with E-state index in [1.165, 1.54) is 23.1 Å². The lowest BCUT2D eigenvalue weighted by Gasteiger charge is -2.01. The Labute approximate surface area is 107 Å². The maximum absolute atomic E-state index is 10.5. The maximum atomic E-state index is 10.5. The van der Waals surface area contributed by atoms with Gasteiger partial charge in [0.25, 0.3) is 0 Å². The van der Waals surface area contributed by atoms with Gasteiger partial charge in [0.1, 0.15) is 24.0 Å². The molecular formula is C10H9N7O2. The van der Waals surface area contributed by atoms with Crippen molar-refractivity contribution in [1.82, 2.24) is 25.0 Å². The number of carbonyl (C=O) groups is 1. The predicted octanol–water partition coefficient (Wildman–Crippen LogP) is -0.364. The van der Waals surface area contributed by atoms with Gasteiger partial charge in [-0.05, 0) is 6.07 Å². The van der Waals surface area contributed by atoms with Gasteiger partial charge in [-0.25, -0.2) is 14.6 Å². The summed E-state index contributed by atoms with van der Waals surface area (Å²) in [5.41, 5.74) is 0.805. The van der Waals surface area contributed by atoms with Gasteiger partial charge in [0, 0.05) is 6.20 Å². The van der Waals surface area contributed by atoms with Crippen LogP contribution in [-0.4, -0.2) is 36.0 Å². The number of rotatable bonds is 5. The highest BCUT2D eigenvalue weighted by Crippen LogP contribution is 2.02. The van der Waals surface area contributed by atoms with Crippen LogP contribution in [0.4, 0.5) is 5.95 Å². The fraction of sp³-hybridized carbons (Fsp3) is 0.200. The van der Waals surface area contributed by atoms with E-state index in [1.54, 1.807) is 0 Å². The van der Waals surface area contributed by atoms with Crippen molar-refractivity contribution in [3.63, 3.8) is 0 Å². The van der Waals surface area contributed by atoms with E-state index in [1.807, 2.05) is 6.07 Å². The summed E-state index contributed by atoms with van der Waals surface area (Å²) in [5.74, 6) is -0.693. The highest BCUT2D eigenvalue weighted by Gasteiger charge is 2.05. The molecule has 0 bridgehead atoms. The summed E-state index contributed by atoms with van der Waals surface area (Å²) in [7, 11) is 0. The minimum Gasteiger partial charge on any atom is -0.480 e. The van der Waals surface area contributed by atoms with Crippen molar-refractivity contribution < 1.29 is 9.90 Å². The number of nitrogens with zero attached hydrogens (tertiary/aromatic N) is 6. The van der Waals surface area contributed by atoms with Crippen LogP contribution in [0.1, 0.15) is 11.4 Å². The highest BCUT2D eigenvalue weighted by atomic mass is 16.4. The zero-order chi connectivity index (χ0) is 13.7. The van der Waals surface area contributed by atoms with E-state index >= 15 is 0 Å². The topological polar surface area (TPSA) is 130 Å². The van der Waals surface area contributed by atoms with E-state index in [-0.39, 0.29) is 18.8 Å². The van der Waals surface area contributed by atoms with Crippen LogP contribution in [0.5, 0.6) is 0 Å². The second kappa shape index (κ2) is 5.54. The van der Waals surface area contributed by atoms with Crippen molar-refractivity contribution in [3.05, 3.63) is 29.8 Å². The minimum absolute atomic E-state index is 0.243. The molecule has 0 unspecified atom stereocenters. The molecule has 2 rings (SSSR count). The van der Waals surface area contributed by atoms with E-state index in [4.69, 9.17) is 10.4 Å². The Kier molecular flexibility index (Phi) is 3.63. The Bertz CT molecular complexity index is 631. The van der Waals surface area contributed by atoms with Crippen LogP contribution in [0.25, 0.3) is 0 Å². The van der Waals surface area contributed by atoms with Crippen molar-refractivity contribution in [2.75, 3.05) is 5.32 Å². The van der Waals surface area contributed by atoms with Crippen molar-refractivity contribution in [3.8, 4) is 6.07 Å². The van der Waals surface area contributed by atoms with Gasteiger partial charge in [0.15, 0.2) is 0 Å². The van der Waals surface area contributed by atoms with Crippen LogP contribution >= 0.6 is 0 Å². The quantitative estimate of drug-likeness (QED) is 0.744. The lowest BCUT2D eigenvalue weighted by Crippen LogP contribution is -2.09. The Morgan fingerprint density at radius 2 is 2.42 bits per heavy atom. The standard InChI is InChI=1S/C10H9N7O2/c11-3-7-1-2-12-10(14-7)13-4-8-5-17(16-15-8)6-9(18)19/h1-2,5H,4,6H2,(H,18,19)(H,12,13,14). The third-order valence-electron chi connectivity index (χ3n) is 2.08. The van der Waals surface area contributed by atoms with Crippen LogP contribution in [0.3, 0.4) is 0 Å². The molecule has 2 heterocycles. The normalized spacial score (nSPS) is 9.84. The number of aromatic nitrogens is 5. The van der Waals surface area contributed by atoms with Crippen LogP contribution in [0.2, 0.25) is 0 Å². The summed E-state index contributed by atoms with van der Waals surface area (Å²) in [6.45, 7) is 0.0436. The number of hydrogen-bond donors (Lipinski definition) is 2. The Balaban J connectivity index is 1.96. The van der Waals surface area contributed by atoms with Gasteiger partial charge in [-0.15, -0.1) is 5.10 Å². The van der Waals surface area contributed by atoms with Crippen LogP contribution in [0.15, 0.2) is 18.5 Å². The average molecular weight is 259 g/mol. The monoisotopic (exact) mass is 259 g/mol. The Hall–Kier alpha value is -3.02. The number of nitriles is 1. The highest BCUT2D eigenvalue weighted by molar-refractivity contribution is 5.66. The predicted molar refractivity (Wildman–Crippen MR) is 61.7 cm³/mol. The third kappa shape index (κ3) is 3.47. The number of anilines is 1. The summed E-state index contributed by atoms with van der Waals surface area (Å²) in [4.78, 5) is 18.3.